The molecule has 6 nitrogen and oxygen atoms in total. The van der Waals surface area contributed by atoms with Gasteiger partial charge in [0.25, 0.3) is 0 Å². The first-order valence-electron chi connectivity index (χ1n) is 7.91. The number of carbonyl (C=O) groups is 1. The average molecular weight is 321 g/mol. The number of tetrazole rings is 1. The van der Waals surface area contributed by atoms with Crippen molar-refractivity contribution in [2.24, 2.45) is 0 Å². The van der Waals surface area contributed by atoms with Gasteiger partial charge in [0.2, 0.25) is 11.7 Å². The van der Waals surface area contributed by atoms with Crippen molar-refractivity contribution in [2.45, 2.75) is 20.0 Å². The van der Waals surface area contributed by atoms with E-state index in [0.717, 1.165) is 11.1 Å². The summed E-state index contributed by atoms with van der Waals surface area (Å²) in [6.07, 6.45) is 0. The summed E-state index contributed by atoms with van der Waals surface area (Å²) in [5, 5.41) is 12.3. The molecule has 122 valence electrons. The minimum atomic E-state index is -0.0293. The van der Waals surface area contributed by atoms with Crippen molar-refractivity contribution in [3.8, 4) is 11.4 Å². The molecule has 0 fully saturated rings. The summed E-state index contributed by atoms with van der Waals surface area (Å²) in [6.45, 7) is 3.26. The van der Waals surface area contributed by atoms with Gasteiger partial charge < -0.3 is 4.90 Å². The van der Waals surface area contributed by atoms with Gasteiger partial charge >= 0.3 is 0 Å². The van der Waals surface area contributed by atoms with Gasteiger partial charge in [-0.2, -0.15) is 4.80 Å². The molecule has 0 unspecified atom stereocenters. The van der Waals surface area contributed by atoms with E-state index in [4.69, 9.17) is 0 Å². The van der Waals surface area contributed by atoms with Crippen LogP contribution in [0.2, 0.25) is 0 Å². The molecule has 0 spiro atoms. The summed E-state index contributed by atoms with van der Waals surface area (Å²) in [5.74, 6) is 0.493. The Kier molecular flexibility index (Phi) is 4.96. The summed E-state index contributed by atoms with van der Waals surface area (Å²) < 4.78 is 0. The van der Waals surface area contributed by atoms with Gasteiger partial charge in [-0.15, -0.1) is 10.2 Å². The summed E-state index contributed by atoms with van der Waals surface area (Å²) in [6, 6.07) is 19.5. The maximum Gasteiger partial charge on any atom is 0.246 e. The molecule has 0 radical (unpaired) electrons. The quantitative estimate of drug-likeness (QED) is 0.699. The molecule has 0 aliphatic heterocycles. The van der Waals surface area contributed by atoms with Gasteiger partial charge in [-0.1, -0.05) is 60.7 Å². The maximum atomic E-state index is 12.5. The van der Waals surface area contributed by atoms with Crippen LogP contribution < -0.4 is 0 Å². The average Bonchev–Trinajstić information content (AvgIpc) is 3.09. The molecule has 0 bridgehead atoms. The number of benzene rings is 2. The number of amides is 1. The van der Waals surface area contributed by atoms with Gasteiger partial charge in [0.1, 0.15) is 6.54 Å². The van der Waals surface area contributed by atoms with Gasteiger partial charge in [-0.25, -0.2) is 0 Å². The highest BCUT2D eigenvalue weighted by Crippen LogP contribution is 2.12. The topological polar surface area (TPSA) is 63.9 Å². The molecule has 1 amide bonds. The predicted molar refractivity (Wildman–Crippen MR) is 90.8 cm³/mol. The molecule has 3 aromatic rings. The van der Waals surface area contributed by atoms with Gasteiger partial charge in [-0.05, 0) is 17.7 Å². The summed E-state index contributed by atoms with van der Waals surface area (Å²) in [5.41, 5.74) is 1.98. The second-order valence-electron chi connectivity index (χ2n) is 5.40. The molecule has 1 aromatic heterocycles. The van der Waals surface area contributed by atoms with Crippen molar-refractivity contribution in [3.63, 3.8) is 0 Å². The number of aromatic nitrogens is 4. The highest BCUT2D eigenvalue weighted by Gasteiger charge is 2.15. The van der Waals surface area contributed by atoms with E-state index in [2.05, 4.69) is 15.4 Å². The summed E-state index contributed by atoms with van der Waals surface area (Å²) in [7, 11) is 0. The van der Waals surface area contributed by atoms with Crippen molar-refractivity contribution >= 4 is 5.91 Å². The second-order valence-corrected chi connectivity index (χ2v) is 5.40. The number of hydrogen-bond acceptors (Lipinski definition) is 4. The fourth-order valence-electron chi connectivity index (χ4n) is 2.41. The van der Waals surface area contributed by atoms with Crippen LogP contribution in [0.15, 0.2) is 60.7 Å². The van der Waals surface area contributed by atoms with Crippen LogP contribution >= 0.6 is 0 Å². The number of rotatable bonds is 6. The second kappa shape index (κ2) is 7.50. The Morgan fingerprint density at radius 1 is 1.04 bits per heavy atom. The Bertz CT molecular complexity index is 785. The minimum Gasteiger partial charge on any atom is -0.337 e. The lowest BCUT2D eigenvalue weighted by Gasteiger charge is -2.20. The van der Waals surface area contributed by atoms with E-state index in [1.54, 1.807) is 4.90 Å². The predicted octanol–water partition coefficient (Wildman–Crippen LogP) is 2.39. The zero-order valence-electron chi connectivity index (χ0n) is 13.5. The highest BCUT2D eigenvalue weighted by molar-refractivity contribution is 5.75. The lowest BCUT2D eigenvalue weighted by molar-refractivity contribution is -0.132. The molecule has 0 N–H and O–H groups in total. The molecule has 3 rings (SSSR count). The summed E-state index contributed by atoms with van der Waals surface area (Å²) >= 11 is 0. The SMILES string of the molecule is CCN(Cc1ccccc1)C(=O)Cn1nnc(-c2ccccc2)n1. The molecule has 0 aliphatic carbocycles. The van der Waals surface area contributed by atoms with Crippen LogP contribution in [0.3, 0.4) is 0 Å². The molecule has 2 aromatic carbocycles. The Hall–Kier alpha value is -3.02. The Morgan fingerprint density at radius 3 is 2.38 bits per heavy atom. The molecule has 0 atom stereocenters. The standard InChI is InChI=1S/C18H19N5O/c1-2-22(13-15-9-5-3-6-10-15)17(24)14-23-20-18(19-21-23)16-11-7-4-8-12-16/h3-12H,2,13-14H2,1H3. The molecule has 6 heteroatoms. The van der Waals surface area contributed by atoms with Crippen LogP contribution in [-0.4, -0.2) is 37.6 Å². The lowest BCUT2D eigenvalue weighted by atomic mass is 10.2. The zero-order chi connectivity index (χ0) is 16.8. The largest absolute Gasteiger partial charge is 0.337 e. The van der Waals surface area contributed by atoms with Gasteiger partial charge in [0, 0.05) is 18.7 Å². The third-order valence-corrected chi connectivity index (χ3v) is 3.71. The van der Waals surface area contributed by atoms with Crippen molar-refractivity contribution in [3.05, 3.63) is 66.2 Å². The molecule has 24 heavy (non-hydrogen) atoms. The molecule has 0 saturated carbocycles. The third kappa shape index (κ3) is 3.84. The van der Waals surface area contributed by atoms with Gasteiger partial charge in [0.15, 0.2) is 0 Å². The Morgan fingerprint density at radius 2 is 1.71 bits per heavy atom. The van der Waals surface area contributed by atoms with E-state index in [1.807, 2.05) is 67.6 Å². The van der Waals surface area contributed by atoms with Crippen molar-refractivity contribution < 1.29 is 4.79 Å². The fourth-order valence-corrected chi connectivity index (χ4v) is 2.41. The molecular weight excluding hydrogens is 302 g/mol. The number of carbonyl (C=O) groups excluding carboxylic acids is 1. The van der Waals surface area contributed by atoms with Crippen LogP contribution in [0.4, 0.5) is 0 Å². The van der Waals surface area contributed by atoms with Crippen LogP contribution in [0.5, 0.6) is 0 Å². The minimum absolute atomic E-state index is 0.0293. The Labute approximate surface area is 140 Å². The van der Waals surface area contributed by atoms with Gasteiger partial charge in [-0.3, -0.25) is 4.79 Å². The smallest absolute Gasteiger partial charge is 0.246 e. The number of likely N-dealkylation sites (N-methyl/N-ethyl adjacent to an activating group) is 1. The van der Waals surface area contributed by atoms with Crippen molar-refractivity contribution in [1.82, 2.24) is 25.1 Å². The van der Waals surface area contributed by atoms with Crippen LogP contribution in [-0.2, 0) is 17.9 Å². The highest BCUT2D eigenvalue weighted by atomic mass is 16.2. The lowest BCUT2D eigenvalue weighted by Crippen LogP contribution is -2.33. The monoisotopic (exact) mass is 321 g/mol. The summed E-state index contributed by atoms with van der Waals surface area (Å²) in [4.78, 5) is 15.6. The van der Waals surface area contributed by atoms with E-state index < -0.39 is 0 Å². The first-order chi connectivity index (χ1) is 11.8. The molecule has 0 aliphatic rings. The van der Waals surface area contributed by atoms with E-state index in [1.165, 1.54) is 4.80 Å². The maximum absolute atomic E-state index is 12.5. The van der Waals surface area contributed by atoms with Crippen molar-refractivity contribution in [2.75, 3.05) is 6.54 Å². The van der Waals surface area contributed by atoms with Gasteiger partial charge in [0.05, 0.1) is 0 Å². The normalized spacial score (nSPS) is 10.5. The van der Waals surface area contributed by atoms with Crippen LogP contribution in [0, 0.1) is 0 Å². The van der Waals surface area contributed by atoms with E-state index in [9.17, 15) is 4.79 Å². The van der Waals surface area contributed by atoms with Crippen LogP contribution in [0.25, 0.3) is 11.4 Å². The van der Waals surface area contributed by atoms with E-state index in [-0.39, 0.29) is 12.5 Å². The van der Waals surface area contributed by atoms with Crippen molar-refractivity contribution in [1.29, 1.82) is 0 Å². The number of hydrogen-bond donors (Lipinski definition) is 0. The third-order valence-electron chi connectivity index (χ3n) is 3.71. The molecular formula is C18H19N5O. The number of nitrogens with zero attached hydrogens (tertiary/aromatic N) is 5. The zero-order valence-corrected chi connectivity index (χ0v) is 13.5. The first kappa shape index (κ1) is 15.9. The first-order valence-corrected chi connectivity index (χ1v) is 7.91. The molecule has 1 heterocycles. The molecule has 0 saturated heterocycles. The Balaban J connectivity index is 1.66. The van der Waals surface area contributed by atoms with E-state index >= 15 is 0 Å². The van der Waals surface area contributed by atoms with Crippen LogP contribution in [0.1, 0.15) is 12.5 Å². The van der Waals surface area contributed by atoms with E-state index in [0.29, 0.717) is 18.9 Å². The fraction of sp³-hybridized carbons (Fsp3) is 0.222.